The maximum atomic E-state index is 12.0. The highest BCUT2D eigenvalue weighted by Gasteiger charge is 2.13. The van der Waals surface area contributed by atoms with Crippen LogP contribution in [0.5, 0.6) is 0 Å². The van der Waals surface area contributed by atoms with Crippen molar-refractivity contribution < 1.29 is 8.42 Å². The molecule has 1 aromatic carbocycles. The Balaban J connectivity index is 1.86. The van der Waals surface area contributed by atoms with Crippen LogP contribution in [-0.2, 0) is 10.0 Å². The van der Waals surface area contributed by atoms with E-state index in [1.165, 1.54) is 18.2 Å². The topological polar surface area (TPSA) is 108 Å². The number of rotatable bonds is 6. The first-order chi connectivity index (χ1) is 10.5. The molecule has 1 aromatic heterocycles. The van der Waals surface area contributed by atoms with Crippen LogP contribution in [0.2, 0.25) is 5.02 Å². The molecule has 1 heterocycles. The fourth-order valence-corrected chi connectivity index (χ4v) is 2.91. The largest absolute Gasteiger partial charge is 0.367 e. The van der Waals surface area contributed by atoms with E-state index in [-0.39, 0.29) is 17.1 Å². The summed E-state index contributed by atoms with van der Waals surface area (Å²) in [5.41, 5.74) is 0.215. The lowest BCUT2D eigenvalue weighted by molar-refractivity contribution is 0.583. The molecule has 0 saturated carbocycles. The second-order valence-electron chi connectivity index (χ2n) is 4.20. The first-order valence-corrected chi connectivity index (χ1v) is 8.10. The summed E-state index contributed by atoms with van der Waals surface area (Å²) in [4.78, 5) is 0.109. The average molecular weight is 338 g/mol. The first-order valence-electron chi connectivity index (χ1n) is 6.24. The fraction of sp³-hybridized carbons (Fsp3) is 0.154. The van der Waals surface area contributed by atoms with Gasteiger partial charge < -0.3 is 5.32 Å². The van der Waals surface area contributed by atoms with Crippen LogP contribution < -0.4 is 10.0 Å². The van der Waals surface area contributed by atoms with Crippen LogP contribution >= 0.6 is 11.6 Å². The summed E-state index contributed by atoms with van der Waals surface area (Å²) in [6.07, 6.45) is 0. The second-order valence-corrected chi connectivity index (χ2v) is 6.40. The van der Waals surface area contributed by atoms with Gasteiger partial charge in [-0.1, -0.05) is 17.7 Å². The Hall–Kier alpha value is -2.21. The van der Waals surface area contributed by atoms with E-state index in [0.29, 0.717) is 17.4 Å². The Morgan fingerprint density at radius 1 is 1.18 bits per heavy atom. The molecule has 114 valence electrons. The van der Waals surface area contributed by atoms with Crippen LogP contribution in [0.3, 0.4) is 0 Å². The Morgan fingerprint density at radius 3 is 2.64 bits per heavy atom. The minimum Gasteiger partial charge on any atom is -0.367 e. The van der Waals surface area contributed by atoms with Crippen LogP contribution in [0.1, 0.15) is 5.69 Å². The summed E-state index contributed by atoms with van der Waals surface area (Å²) in [5, 5.41) is 19.3. The van der Waals surface area contributed by atoms with E-state index in [2.05, 4.69) is 20.2 Å². The number of nitrogens with one attached hydrogen (secondary N) is 2. The number of anilines is 1. The number of nitrogens with zero attached hydrogens (tertiary/aromatic N) is 3. The zero-order valence-electron chi connectivity index (χ0n) is 11.3. The predicted molar refractivity (Wildman–Crippen MR) is 81.9 cm³/mol. The van der Waals surface area contributed by atoms with Crippen molar-refractivity contribution in [2.45, 2.75) is 4.90 Å². The van der Waals surface area contributed by atoms with Crippen molar-refractivity contribution >= 4 is 27.4 Å². The highest BCUT2D eigenvalue weighted by molar-refractivity contribution is 7.89. The van der Waals surface area contributed by atoms with Crippen LogP contribution in [0.15, 0.2) is 41.3 Å². The van der Waals surface area contributed by atoms with E-state index in [9.17, 15) is 8.42 Å². The molecule has 0 saturated heterocycles. The Kier molecular flexibility index (Phi) is 5.27. The highest BCUT2D eigenvalue weighted by atomic mass is 35.5. The standard InChI is InChI=1S/C13H12ClN5O2S/c14-10-2-1-3-12(8-10)22(20,21)17-7-6-16-13-5-4-11(9-15)18-19-13/h1-5,8,17H,6-7H2,(H,16,19). The van der Waals surface area contributed by atoms with Gasteiger partial charge in [-0.2, -0.15) is 5.26 Å². The van der Waals surface area contributed by atoms with Gasteiger partial charge in [0.15, 0.2) is 5.69 Å². The number of halogens is 1. The van der Waals surface area contributed by atoms with Gasteiger partial charge >= 0.3 is 0 Å². The third-order valence-corrected chi connectivity index (χ3v) is 4.30. The maximum absolute atomic E-state index is 12.0. The number of hydrogen-bond acceptors (Lipinski definition) is 6. The number of hydrogen-bond donors (Lipinski definition) is 2. The molecular weight excluding hydrogens is 326 g/mol. The smallest absolute Gasteiger partial charge is 0.240 e. The monoisotopic (exact) mass is 337 g/mol. The van der Waals surface area contributed by atoms with Crippen molar-refractivity contribution in [2.24, 2.45) is 0 Å². The lowest BCUT2D eigenvalue weighted by Crippen LogP contribution is -2.29. The lowest BCUT2D eigenvalue weighted by atomic mass is 10.4. The number of sulfonamides is 1. The molecule has 0 unspecified atom stereocenters. The summed E-state index contributed by atoms with van der Waals surface area (Å²) in [7, 11) is -3.60. The molecule has 0 amide bonds. The summed E-state index contributed by atoms with van der Waals surface area (Å²) < 4.78 is 26.5. The normalized spacial score (nSPS) is 10.9. The summed E-state index contributed by atoms with van der Waals surface area (Å²) in [6, 6.07) is 11.0. The van der Waals surface area contributed by atoms with Gasteiger partial charge in [0.05, 0.1) is 4.90 Å². The minimum absolute atomic E-state index is 0.109. The quantitative estimate of drug-likeness (QED) is 0.771. The highest BCUT2D eigenvalue weighted by Crippen LogP contribution is 2.14. The molecule has 0 spiro atoms. The van der Waals surface area contributed by atoms with Crippen LogP contribution in [0, 0.1) is 11.3 Å². The summed E-state index contributed by atoms with van der Waals surface area (Å²) in [5.74, 6) is 0.459. The van der Waals surface area contributed by atoms with Gasteiger partial charge in [-0.25, -0.2) is 13.1 Å². The van der Waals surface area contributed by atoms with Gasteiger partial charge in [-0.15, -0.1) is 10.2 Å². The molecule has 22 heavy (non-hydrogen) atoms. The number of benzene rings is 1. The fourth-order valence-electron chi connectivity index (χ4n) is 1.58. The zero-order valence-corrected chi connectivity index (χ0v) is 12.9. The Labute approximate surface area is 133 Å². The van der Waals surface area contributed by atoms with Crippen LogP contribution in [0.4, 0.5) is 5.82 Å². The number of nitriles is 1. The van der Waals surface area contributed by atoms with Crippen molar-refractivity contribution in [1.82, 2.24) is 14.9 Å². The van der Waals surface area contributed by atoms with E-state index < -0.39 is 10.0 Å². The molecule has 2 aromatic rings. The van der Waals surface area contributed by atoms with Crippen molar-refractivity contribution in [3.05, 3.63) is 47.1 Å². The minimum atomic E-state index is -3.60. The first kappa shape index (κ1) is 16.2. The average Bonchev–Trinajstić information content (AvgIpc) is 2.52. The van der Waals surface area contributed by atoms with E-state index in [0.717, 1.165) is 0 Å². The van der Waals surface area contributed by atoms with Crippen LogP contribution in [0.25, 0.3) is 0 Å². The van der Waals surface area contributed by atoms with Gasteiger partial charge in [-0.05, 0) is 30.3 Å². The van der Waals surface area contributed by atoms with Gasteiger partial charge in [0.1, 0.15) is 11.9 Å². The molecule has 0 aliphatic rings. The van der Waals surface area contributed by atoms with E-state index in [1.807, 2.05) is 6.07 Å². The van der Waals surface area contributed by atoms with E-state index >= 15 is 0 Å². The van der Waals surface area contributed by atoms with Crippen molar-refractivity contribution in [3.63, 3.8) is 0 Å². The molecule has 0 fully saturated rings. The molecule has 0 bridgehead atoms. The second kappa shape index (κ2) is 7.17. The summed E-state index contributed by atoms with van der Waals surface area (Å²) in [6.45, 7) is 0.483. The Bertz CT molecular complexity index is 787. The SMILES string of the molecule is N#Cc1ccc(NCCNS(=O)(=O)c2cccc(Cl)c2)nn1. The van der Waals surface area contributed by atoms with E-state index in [4.69, 9.17) is 16.9 Å². The maximum Gasteiger partial charge on any atom is 0.240 e. The van der Waals surface area contributed by atoms with Crippen molar-refractivity contribution in [3.8, 4) is 6.07 Å². The van der Waals surface area contributed by atoms with Gasteiger partial charge in [0.2, 0.25) is 10.0 Å². The van der Waals surface area contributed by atoms with Crippen molar-refractivity contribution in [1.29, 1.82) is 5.26 Å². The predicted octanol–water partition coefficient (Wildman–Crippen LogP) is 1.39. The summed E-state index contributed by atoms with van der Waals surface area (Å²) >= 11 is 5.77. The molecule has 7 nitrogen and oxygen atoms in total. The Morgan fingerprint density at radius 2 is 2.00 bits per heavy atom. The molecule has 0 atom stereocenters. The zero-order chi connectivity index (χ0) is 16.0. The molecular formula is C13H12ClN5O2S. The van der Waals surface area contributed by atoms with Gasteiger partial charge in [-0.3, -0.25) is 0 Å². The molecule has 0 aliphatic carbocycles. The van der Waals surface area contributed by atoms with Crippen LogP contribution in [-0.4, -0.2) is 31.7 Å². The van der Waals surface area contributed by atoms with Gasteiger partial charge in [0.25, 0.3) is 0 Å². The van der Waals surface area contributed by atoms with Crippen molar-refractivity contribution in [2.75, 3.05) is 18.4 Å². The van der Waals surface area contributed by atoms with Gasteiger partial charge in [0, 0.05) is 18.1 Å². The van der Waals surface area contributed by atoms with E-state index in [1.54, 1.807) is 18.2 Å². The molecule has 2 rings (SSSR count). The third-order valence-electron chi connectivity index (χ3n) is 2.61. The molecule has 9 heteroatoms. The molecule has 0 radical (unpaired) electrons. The molecule has 0 aliphatic heterocycles. The molecule has 2 N–H and O–H groups in total. The number of aromatic nitrogens is 2. The third kappa shape index (κ3) is 4.39. The lowest BCUT2D eigenvalue weighted by Gasteiger charge is -2.08.